The highest BCUT2D eigenvalue weighted by Crippen LogP contribution is 2.20. The molecule has 1 aliphatic rings. The zero-order valence-electron chi connectivity index (χ0n) is 13.5. The number of hydrogen-bond acceptors (Lipinski definition) is 3. The van der Waals surface area contributed by atoms with Crippen LogP contribution in [0.2, 0.25) is 5.02 Å². The van der Waals surface area contributed by atoms with E-state index >= 15 is 0 Å². The summed E-state index contributed by atoms with van der Waals surface area (Å²) < 4.78 is 0. The second-order valence-corrected chi connectivity index (χ2v) is 7.50. The van der Waals surface area contributed by atoms with Crippen molar-refractivity contribution in [1.29, 1.82) is 0 Å². The Labute approximate surface area is 152 Å². The number of likely N-dealkylation sites (tertiary alicyclic amines) is 1. The Bertz CT molecular complexity index is 663. The van der Waals surface area contributed by atoms with Gasteiger partial charge in [0.25, 0.3) is 0 Å². The first-order chi connectivity index (χ1) is 11.7. The van der Waals surface area contributed by atoms with Gasteiger partial charge in [-0.1, -0.05) is 41.9 Å². The summed E-state index contributed by atoms with van der Waals surface area (Å²) in [7, 11) is 0. The number of carbonyl (C=O) groups excluding carboxylic acids is 1. The molecule has 0 radical (unpaired) electrons. The van der Waals surface area contributed by atoms with Crippen molar-refractivity contribution in [2.45, 2.75) is 23.9 Å². The molecule has 1 amide bonds. The molecule has 1 unspecified atom stereocenters. The van der Waals surface area contributed by atoms with Gasteiger partial charge in [0, 0.05) is 35.6 Å². The lowest BCUT2D eigenvalue weighted by Gasteiger charge is -2.16. The van der Waals surface area contributed by atoms with E-state index in [-0.39, 0.29) is 11.9 Å². The maximum Gasteiger partial charge on any atom is 0.230 e. The number of amides is 1. The third kappa shape index (κ3) is 5.26. The van der Waals surface area contributed by atoms with Gasteiger partial charge in [0.15, 0.2) is 0 Å². The molecule has 3 rings (SSSR count). The lowest BCUT2D eigenvalue weighted by molar-refractivity contribution is -0.119. The van der Waals surface area contributed by atoms with E-state index in [0.29, 0.717) is 10.8 Å². The van der Waals surface area contributed by atoms with E-state index in [1.54, 1.807) is 0 Å². The van der Waals surface area contributed by atoms with Crippen LogP contribution in [-0.2, 0) is 11.3 Å². The number of thioether (sulfide) groups is 1. The van der Waals surface area contributed by atoms with Crippen LogP contribution in [0.1, 0.15) is 12.0 Å². The minimum atomic E-state index is 0.0986. The molecule has 0 aromatic heterocycles. The Kier molecular flexibility index (Phi) is 6.18. The molecule has 5 heteroatoms. The number of carbonyl (C=O) groups is 1. The first-order valence-electron chi connectivity index (χ1n) is 8.13. The van der Waals surface area contributed by atoms with E-state index in [0.717, 1.165) is 31.0 Å². The van der Waals surface area contributed by atoms with Crippen LogP contribution in [0.5, 0.6) is 0 Å². The first-order valence-corrected chi connectivity index (χ1v) is 9.49. The predicted molar refractivity (Wildman–Crippen MR) is 100 cm³/mol. The number of benzene rings is 2. The smallest absolute Gasteiger partial charge is 0.230 e. The maximum atomic E-state index is 12.1. The molecule has 1 heterocycles. The quantitative estimate of drug-likeness (QED) is 0.795. The summed E-state index contributed by atoms with van der Waals surface area (Å²) in [6, 6.07) is 18.3. The highest BCUT2D eigenvalue weighted by atomic mass is 35.5. The first kappa shape index (κ1) is 17.3. The second-order valence-electron chi connectivity index (χ2n) is 6.02. The molecule has 2 aromatic rings. The molecule has 0 saturated carbocycles. The second kappa shape index (κ2) is 8.56. The van der Waals surface area contributed by atoms with Crippen molar-refractivity contribution in [2.75, 3.05) is 18.8 Å². The molecule has 1 saturated heterocycles. The average Bonchev–Trinajstić information content (AvgIpc) is 3.02. The van der Waals surface area contributed by atoms with E-state index < -0.39 is 0 Å². The fourth-order valence-corrected chi connectivity index (χ4v) is 3.72. The van der Waals surface area contributed by atoms with Crippen LogP contribution < -0.4 is 5.32 Å². The molecule has 24 heavy (non-hydrogen) atoms. The van der Waals surface area contributed by atoms with Crippen LogP contribution in [0.4, 0.5) is 0 Å². The van der Waals surface area contributed by atoms with Crippen LogP contribution in [0.25, 0.3) is 0 Å². The van der Waals surface area contributed by atoms with Crippen molar-refractivity contribution in [3.05, 3.63) is 65.2 Å². The molecular formula is C19H21ClN2OS. The van der Waals surface area contributed by atoms with Crippen LogP contribution in [0.3, 0.4) is 0 Å². The van der Waals surface area contributed by atoms with E-state index in [1.807, 2.05) is 30.3 Å². The number of halogens is 1. The van der Waals surface area contributed by atoms with E-state index in [9.17, 15) is 4.79 Å². The highest BCUT2D eigenvalue weighted by molar-refractivity contribution is 8.00. The summed E-state index contributed by atoms with van der Waals surface area (Å²) in [6.45, 7) is 2.91. The average molecular weight is 361 g/mol. The van der Waals surface area contributed by atoms with Crippen LogP contribution in [-0.4, -0.2) is 35.7 Å². The van der Waals surface area contributed by atoms with E-state index in [1.165, 1.54) is 17.3 Å². The Balaban J connectivity index is 1.40. The van der Waals surface area contributed by atoms with Crippen molar-refractivity contribution in [2.24, 2.45) is 0 Å². The van der Waals surface area contributed by atoms with Crippen molar-refractivity contribution in [1.82, 2.24) is 10.2 Å². The molecule has 3 nitrogen and oxygen atoms in total. The Morgan fingerprint density at radius 3 is 2.67 bits per heavy atom. The molecular weight excluding hydrogens is 340 g/mol. The lowest BCUT2D eigenvalue weighted by Crippen LogP contribution is -2.37. The Hall–Kier alpha value is -1.49. The zero-order chi connectivity index (χ0) is 16.8. The molecule has 1 fully saturated rings. The van der Waals surface area contributed by atoms with Gasteiger partial charge in [-0.15, -0.1) is 11.8 Å². The Morgan fingerprint density at radius 1 is 1.17 bits per heavy atom. The molecule has 2 aromatic carbocycles. The topological polar surface area (TPSA) is 32.3 Å². The minimum absolute atomic E-state index is 0.0986. The summed E-state index contributed by atoms with van der Waals surface area (Å²) >= 11 is 7.41. The van der Waals surface area contributed by atoms with Gasteiger partial charge in [-0.25, -0.2) is 0 Å². The predicted octanol–water partition coefficient (Wildman–Crippen LogP) is 3.82. The van der Waals surface area contributed by atoms with Gasteiger partial charge in [-0.05, 0) is 36.2 Å². The van der Waals surface area contributed by atoms with Gasteiger partial charge < -0.3 is 5.32 Å². The molecule has 1 aliphatic heterocycles. The van der Waals surface area contributed by atoms with Gasteiger partial charge in [0.2, 0.25) is 5.91 Å². The fourth-order valence-electron chi connectivity index (χ4n) is 2.88. The van der Waals surface area contributed by atoms with Gasteiger partial charge in [-0.2, -0.15) is 0 Å². The fraction of sp³-hybridized carbons (Fsp3) is 0.316. The van der Waals surface area contributed by atoms with Crippen LogP contribution in [0.15, 0.2) is 59.5 Å². The molecule has 0 aliphatic carbocycles. The largest absolute Gasteiger partial charge is 0.351 e. The third-order valence-corrected chi connectivity index (χ3v) is 5.33. The van der Waals surface area contributed by atoms with Crippen molar-refractivity contribution in [3.8, 4) is 0 Å². The van der Waals surface area contributed by atoms with E-state index in [4.69, 9.17) is 11.6 Å². The summed E-state index contributed by atoms with van der Waals surface area (Å²) in [5.41, 5.74) is 1.32. The Morgan fingerprint density at radius 2 is 1.92 bits per heavy atom. The van der Waals surface area contributed by atoms with Gasteiger partial charge in [0.05, 0.1) is 5.75 Å². The summed E-state index contributed by atoms with van der Waals surface area (Å²) in [5, 5.41) is 3.86. The number of rotatable bonds is 6. The molecule has 126 valence electrons. The highest BCUT2D eigenvalue weighted by Gasteiger charge is 2.23. The number of hydrogen-bond donors (Lipinski definition) is 1. The lowest BCUT2D eigenvalue weighted by atomic mass is 10.2. The number of nitrogens with one attached hydrogen (secondary N) is 1. The summed E-state index contributed by atoms with van der Waals surface area (Å²) in [5.74, 6) is 0.540. The van der Waals surface area contributed by atoms with Gasteiger partial charge in [0.1, 0.15) is 0 Å². The molecule has 1 N–H and O–H groups in total. The van der Waals surface area contributed by atoms with E-state index in [2.05, 4.69) is 34.5 Å². The standard InChI is InChI=1S/C19H21ClN2OS/c20-16-6-8-18(9-7-16)24-14-19(23)21-17-10-11-22(13-17)12-15-4-2-1-3-5-15/h1-9,17H,10-14H2,(H,21,23). The van der Waals surface area contributed by atoms with Crippen molar-refractivity contribution >= 4 is 29.3 Å². The molecule has 1 atom stereocenters. The van der Waals surface area contributed by atoms with Gasteiger partial charge in [-0.3, -0.25) is 9.69 Å². The normalized spacial score (nSPS) is 17.8. The molecule has 0 spiro atoms. The number of nitrogens with zero attached hydrogens (tertiary/aromatic N) is 1. The third-order valence-electron chi connectivity index (χ3n) is 4.07. The maximum absolute atomic E-state index is 12.1. The zero-order valence-corrected chi connectivity index (χ0v) is 15.0. The monoisotopic (exact) mass is 360 g/mol. The van der Waals surface area contributed by atoms with Crippen LogP contribution >= 0.6 is 23.4 Å². The van der Waals surface area contributed by atoms with Crippen molar-refractivity contribution in [3.63, 3.8) is 0 Å². The molecule has 0 bridgehead atoms. The SMILES string of the molecule is O=C(CSc1ccc(Cl)cc1)NC1CCN(Cc2ccccc2)C1. The van der Waals surface area contributed by atoms with Gasteiger partial charge >= 0.3 is 0 Å². The minimum Gasteiger partial charge on any atom is -0.351 e. The van der Waals surface area contributed by atoms with Crippen molar-refractivity contribution < 1.29 is 4.79 Å². The van der Waals surface area contributed by atoms with Crippen LogP contribution in [0, 0.1) is 0 Å². The summed E-state index contributed by atoms with van der Waals surface area (Å²) in [4.78, 5) is 15.6. The summed E-state index contributed by atoms with van der Waals surface area (Å²) in [6.07, 6.45) is 1.02.